The zero-order chi connectivity index (χ0) is 23.1. The molecule has 6 heteroatoms. The summed E-state index contributed by atoms with van der Waals surface area (Å²) in [6.45, 7) is 3.50. The number of carbonyl (C=O) groups is 2. The first kappa shape index (κ1) is 25.0. The SMILES string of the molecule is CC(C)(CCCCCCc1c(CCCCCC2(C(=O)O)CC2)ccc(O)c1O)C(=O)O. The average Bonchev–Trinajstić information content (AvgIpc) is 3.49. The van der Waals surface area contributed by atoms with Crippen molar-refractivity contribution in [3.63, 3.8) is 0 Å². The van der Waals surface area contributed by atoms with E-state index in [9.17, 15) is 30.0 Å². The van der Waals surface area contributed by atoms with Gasteiger partial charge in [0.25, 0.3) is 0 Å². The fourth-order valence-corrected chi connectivity index (χ4v) is 4.19. The van der Waals surface area contributed by atoms with Crippen LogP contribution in [0.4, 0.5) is 0 Å². The minimum Gasteiger partial charge on any atom is -0.504 e. The Kier molecular flexibility index (Phi) is 8.78. The number of hydrogen-bond acceptors (Lipinski definition) is 4. The first-order chi connectivity index (χ1) is 14.6. The number of hydrogen-bond donors (Lipinski definition) is 4. The van der Waals surface area contributed by atoms with E-state index in [1.807, 2.05) is 6.07 Å². The van der Waals surface area contributed by atoms with E-state index in [2.05, 4.69) is 0 Å². The third-order valence-electron chi connectivity index (χ3n) is 6.82. The number of aryl methyl sites for hydroxylation is 1. The number of rotatable bonds is 15. The van der Waals surface area contributed by atoms with Crippen LogP contribution in [0.15, 0.2) is 12.1 Å². The summed E-state index contributed by atoms with van der Waals surface area (Å²) < 4.78 is 0. The van der Waals surface area contributed by atoms with Crippen molar-refractivity contribution in [1.82, 2.24) is 0 Å². The van der Waals surface area contributed by atoms with Crippen molar-refractivity contribution in [3.8, 4) is 11.5 Å². The van der Waals surface area contributed by atoms with E-state index in [0.717, 1.165) is 81.8 Å². The molecule has 1 fully saturated rings. The number of phenolic OH excluding ortho intramolecular Hbond substituents is 2. The predicted octanol–water partition coefficient (Wildman–Crippen LogP) is 5.67. The molecule has 31 heavy (non-hydrogen) atoms. The molecule has 1 aliphatic carbocycles. The standard InChI is InChI=1S/C25H38O6/c1-24(2,22(28)29)14-8-4-3-7-11-19-18(12-13-20(26)21(19)27)10-6-5-9-15-25(16-17-25)23(30)31/h12-13,26-27H,3-11,14-17H2,1-2H3,(H,28,29)(H,30,31). The molecule has 0 bridgehead atoms. The molecule has 0 radical (unpaired) electrons. The van der Waals surface area contributed by atoms with Gasteiger partial charge in [0.1, 0.15) is 0 Å². The van der Waals surface area contributed by atoms with Gasteiger partial charge in [-0.3, -0.25) is 9.59 Å². The summed E-state index contributed by atoms with van der Waals surface area (Å²) in [6, 6.07) is 3.41. The van der Waals surface area contributed by atoms with Crippen molar-refractivity contribution in [2.24, 2.45) is 10.8 Å². The summed E-state index contributed by atoms with van der Waals surface area (Å²) in [5.74, 6) is -1.56. The smallest absolute Gasteiger partial charge is 0.309 e. The van der Waals surface area contributed by atoms with Gasteiger partial charge in [0.2, 0.25) is 0 Å². The Labute approximate surface area is 185 Å². The lowest BCUT2D eigenvalue weighted by Gasteiger charge is -2.18. The second-order valence-electron chi connectivity index (χ2n) is 9.82. The summed E-state index contributed by atoms with van der Waals surface area (Å²) in [4.78, 5) is 22.4. The van der Waals surface area contributed by atoms with Gasteiger partial charge >= 0.3 is 11.9 Å². The normalized spacial score (nSPS) is 15.0. The number of aromatic hydroxyl groups is 2. The predicted molar refractivity (Wildman–Crippen MR) is 119 cm³/mol. The highest BCUT2D eigenvalue weighted by molar-refractivity contribution is 5.77. The molecule has 1 aliphatic rings. The first-order valence-corrected chi connectivity index (χ1v) is 11.6. The van der Waals surface area contributed by atoms with Crippen LogP contribution in [-0.2, 0) is 22.4 Å². The van der Waals surface area contributed by atoms with Crippen molar-refractivity contribution >= 4 is 11.9 Å². The monoisotopic (exact) mass is 434 g/mol. The van der Waals surface area contributed by atoms with Gasteiger partial charge in [0.05, 0.1) is 10.8 Å². The van der Waals surface area contributed by atoms with Gasteiger partial charge in [-0.05, 0) is 76.8 Å². The zero-order valence-electron chi connectivity index (χ0n) is 19.0. The van der Waals surface area contributed by atoms with E-state index >= 15 is 0 Å². The van der Waals surface area contributed by atoms with Crippen molar-refractivity contribution in [1.29, 1.82) is 0 Å². The van der Waals surface area contributed by atoms with Gasteiger partial charge in [0.15, 0.2) is 11.5 Å². The van der Waals surface area contributed by atoms with Crippen molar-refractivity contribution < 1.29 is 30.0 Å². The lowest BCUT2D eigenvalue weighted by atomic mass is 9.87. The number of benzene rings is 1. The molecule has 1 aromatic carbocycles. The molecule has 0 aromatic heterocycles. The van der Waals surface area contributed by atoms with E-state index in [-0.39, 0.29) is 11.5 Å². The second-order valence-corrected chi connectivity index (χ2v) is 9.82. The summed E-state index contributed by atoms with van der Waals surface area (Å²) in [5, 5.41) is 38.7. The van der Waals surface area contributed by atoms with E-state index in [1.165, 1.54) is 6.07 Å². The van der Waals surface area contributed by atoms with Crippen LogP contribution in [0.3, 0.4) is 0 Å². The molecule has 1 saturated carbocycles. The molecular weight excluding hydrogens is 396 g/mol. The number of carboxylic acids is 2. The molecule has 0 amide bonds. The Bertz CT molecular complexity index is 764. The maximum Gasteiger partial charge on any atom is 0.309 e. The van der Waals surface area contributed by atoms with Gasteiger partial charge in [-0.1, -0.05) is 38.2 Å². The van der Waals surface area contributed by atoms with Crippen LogP contribution in [0, 0.1) is 10.8 Å². The molecule has 1 aromatic rings. The largest absolute Gasteiger partial charge is 0.504 e. The van der Waals surface area contributed by atoms with Crippen LogP contribution in [0.1, 0.15) is 95.6 Å². The van der Waals surface area contributed by atoms with E-state index in [4.69, 9.17) is 0 Å². The van der Waals surface area contributed by atoms with Crippen LogP contribution in [0.5, 0.6) is 11.5 Å². The molecule has 2 rings (SSSR count). The van der Waals surface area contributed by atoms with Crippen molar-refractivity contribution in [2.45, 2.75) is 97.3 Å². The van der Waals surface area contributed by atoms with Crippen molar-refractivity contribution in [2.75, 3.05) is 0 Å². The Balaban J connectivity index is 1.76. The highest BCUT2D eigenvalue weighted by Gasteiger charge is 2.49. The molecule has 0 spiro atoms. The highest BCUT2D eigenvalue weighted by Crippen LogP contribution is 2.50. The molecule has 4 N–H and O–H groups in total. The van der Waals surface area contributed by atoms with Gasteiger partial charge in [-0.15, -0.1) is 0 Å². The molecule has 0 heterocycles. The summed E-state index contributed by atoms with van der Waals surface area (Å²) in [7, 11) is 0. The van der Waals surface area contributed by atoms with Crippen LogP contribution < -0.4 is 0 Å². The van der Waals surface area contributed by atoms with Crippen LogP contribution in [0.25, 0.3) is 0 Å². The fraction of sp³-hybridized carbons (Fsp3) is 0.680. The highest BCUT2D eigenvalue weighted by atomic mass is 16.4. The third-order valence-corrected chi connectivity index (χ3v) is 6.82. The van der Waals surface area contributed by atoms with Crippen LogP contribution in [-0.4, -0.2) is 32.4 Å². The van der Waals surface area contributed by atoms with Crippen molar-refractivity contribution in [3.05, 3.63) is 23.3 Å². The lowest BCUT2D eigenvalue weighted by Crippen LogP contribution is -2.23. The molecule has 0 atom stereocenters. The zero-order valence-corrected chi connectivity index (χ0v) is 19.0. The number of unbranched alkanes of at least 4 members (excludes halogenated alkanes) is 5. The number of carboxylic acid groups (broad SMARTS) is 2. The number of phenols is 2. The Morgan fingerprint density at radius 1 is 0.903 bits per heavy atom. The Morgan fingerprint density at radius 2 is 1.52 bits per heavy atom. The molecule has 0 saturated heterocycles. The molecule has 6 nitrogen and oxygen atoms in total. The van der Waals surface area contributed by atoms with Crippen LogP contribution in [0.2, 0.25) is 0 Å². The Hall–Kier alpha value is -2.24. The van der Waals surface area contributed by atoms with E-state index < -0.39 is 22.8 Å². The van der Waals surface area contributed by atoms with Gasteiger partial charge in [-0.2, -0.15) is 0 Å². The van der Waals surface area contributed by atoms with Crippen LogP contribution >= 0.6 is 0 Å². The van der Waals surface area contributed by atoms with E-state index in [0.29, 0.717) is 12.8 Å². The second kappa shape index (κ2) is 10.9. The minimum atomic E-state index is -0.767. The fourth-order valence-electron chi connectivity index (χ4n) is 4.19. The quantitative estimate of drug-likeness (QED) is 0.209. The molecule has 0 unspecified atom stereocenters. The third kappa shape index (κ3) is 7.15. The maximum atomic E-state index is 11.3. The lowest BCUT2D eigenvalue weighted by molar-refractivity contribution is -0.147. The van der Waals surface area contributed by atoms with E-state index in [1.54, 1.807) is 13.8 Å². The number of aliphatic carboxylic acids is 2. The average molecular weight is 435 g/mol. The summed E-state index contributed by atoms with van der Waals surface area (Å²) in [6.07, 6.45) is 10.9. The summed E-state index contributed by atoms with van der Waals surface area (Å²) >= 11 is 0. The maximum absolute atomic E-state index is 11.3. The molecule has 174 valence electrons. The summed E-state index contributed by atoms with van der Waals surface area (Å²) in [5.41, 5.74) is 0.693. The first-order valence-electron chi connectivity index (χ1n) is 11.6. The van der Waals surface area contributed by atoms with Gasteiger partial charge < -0.3 is 20.4 Å². The van der Waals surface area contributed by atoms with Gasteiger partial charge in [-0.25, -0.2) is 0 Å². The Morgan fingerprint density at radius 3 is 2.13 bits per heavy atom. The van der Waals surface area contributed by atoms with Gasteiger partial charge in [0, 0.05) is 5.56 Å². The minimum absolute atomic E-state index is 0.0349. The topological polar surface area (TPSA) is 115 Å². The molecule has 0 aliphatic heterocycles. The molecular formula is C25H38O6.